The van der Waals surface area contributed by atoms with Gasteiger partial charge in [-0.05, 0) is 44.1 Å². The van der Waals surface area contributed by atoms with Crippen LogP contribution in [0.3, 0.4) is 0 Å². The maximum atomic E-state index is 12.1. The zero-order chi connectivity index (χ0) is 15.8. The van der Waals surface area contributed by atoms with Gasteiger partial charge in [0.25, 0.3) is 9.05 Å². The highest BCUT2D eigenvalue weighted by atomic mass is 35.7. The van der Waals surface area contributed by atoms with E-state index in [1.54, 1.807) is 6.92 Å². The van der Waals surface area contributed by atoms with Gasteiger partial charge in [-0.3, -0.25) is 0 Å². The zero-order valence-electron chi connectivity index (χ0n) is 12.3. The van der Waals surface area contributed by atoms with Gasteiger partial charge in [0.2, 0.25) is 0 Å². The minimum atomic E-state index is -3.82. The highest BCUT2D eigenvalue weighted by Crippen LogP contribution is 2.33. The molecule has 1 aliphatic carbocycles. The van der Waals surface area contributed by atoms with E-state index in [-0.39, 0.29) is 15.9 Å². The molecule has 3 unspecified atom stereocenters. The Morgan fingerprint density at radius 3 is 2.52 bits per heavy atom. The van der Waals surface area contributed by atoms with Crippen molar-refractivity contribution < 1.29 is 17.9 Å². The molecule has 0 aliphatic heterocycles. The normalized spacial score (nSPS) is 26.6. The molecule has 1 aromatic heterocycles. The van der Waals surface area contributed by atoms with Crippen molar-refractivity contribution in [2.24, 2.45) is 11.8 Å². The van der Waals surface area contributed by atoms with Crippen LogP contribution in [0.5, 0.6) is 0 Å². The SMILES string of the molecule is Cc1sc(C(=O)OC2CCC(C)C(C)C2)cc1S(=O)(=O)Cl. The Balaban J connectivity index is 2.08. The highest BCUT2D eigenvalue weighted by molar-refractivity contribution is 8.13. The van der Waals surface area contributed by atoms with Crippen molar-refractivity contribution in [2.75, 3.05) is 0 Å². The predicted octanol–water partition coefficient (Wildman–Crippen LogP) is 3.97. The van der Waals surface area contributed by atoms with Gasteiger partial charge in [-0.15, -0.1) is 11.3 Å². The Morgan fingerprint density at radius 1 is 1.33 bits per heavy atom. The lowest BCUT2D eigenvalue weighted by molar-refractivity contribution is 0.00929. The summed E-state index contributed by atoms with van der Waals surface area (Å²) in [5.74, 6) is 0.721. The first-order valence-electron chi connectivity index (χ1n) is 6.94. The summed E-state index contributed by atoms with van der Waals surface area (Å²) in [6.07, 6.45) is 2.69. The van der Waals surface area contributed by atoms with Crippen molar-refractivity contribution in [3.63, 3.8) is 0 Å². The van der Waals surface area contributed by atoms with E-state index in [1.807, 2.05) is 0 Å². The van der Waals surface area contributed by atoms with Crippen molar-refractivity contribution >= 4 is 37.0 Å². The van der Waals surface area contributed by atoms with Gasteiger partial charge >= 0.3 is 5.97 Å². The standard InChI is InChI=1S/C14H19ClO4S2/c1-8-4-5-11(6-9(8)2)19-14(16)12-7-13(10(3)20-12)21(15,17)18/h7-9,11H,4-6H2,1-3H3. The highest BCUT2D eigenvalue weighted by Gasteiger charge is 2.28. The van der Waals surface area contributed by atoms with Gasteiger partial charge in [-0.2, -0.15) is 0 Å². The Bertz CT molecular complexity index is 635. The number of rotatable bonds is 3. The van der Waals surface area contributed by atoms with Crippen LogP contribution in [0.25, 0.3) is 0 Å². The third-order valence-electron chi connectivity index (χ3n) is 4.16. The van der Waals surface area contributed by atoms with Crippen molar-refractivity contribution in [3.05, 3.63) is 15.8 Å². The molecule has 0 radical (unpaired) electrons. The molecule has 2 rings (SSSR count). The van der Waals surface area contributed by atoms with Crippen LogP contribution >= 0.6 is 22.0 Å². The molecule has 1 aromatic rings. The van der Waals surface area contributed by atoms with E-state index in [4.69, 9.17) is 15.4 Å². The summed E-state index contributed by atoms with van der Waals surface area (Å²) >= 11 is 1.10. The van der Waals surface area contributed by atoms with Gasteiger partial charge in [-0.25, -0.2) is 13.2 Å². The number of esters is 1. The lowest BCUT2D eigenvalue weighted by Crippen LogP contribution is -2.28. The van der Waals surface area contributed by atoms with Crippen LogP contribution in [0.2, 0.25) is 0 Å². The van der Waals surface area contributed by atoms with Crippen LogP contribution in [0.1, 0.15) is 47.7 Å². The second-order valence-electron chi connectivity index (χ2n) is 5.76. The summed E-state index contributed by atoms with van der Waals surface area (Å²) in [6.45, 7) is 6.00. The van der Waals surface area contributed by atoms with Crippen LogP contribution in [-0.2, 0) is 13.8 Å². The number of aryl methyl sites for hydroxylation is 1. The molecular formula is C14H19ClO4S2. The average molecular weight is 351 g/mol. The topological polar surface area (TPSA) is 60.4 Å². The number of hydrogen-bond acceptors (Lipinski definition) is 5. The molecule has 4 nitrogen and oxygen atoms in total. The first-order chi connectivity index (χ1) is 9.68. The summed E-state index contributed by atoms with van der Waals surface area (Å²) in [5.41, 5.74) is 0. The van der Waals surface area contributed by atoms with Gasteiger partial charge in [0.15, 0.2) is 0 Å². The summed E-state index contributed by atoms with van der Waals surface area (Å²) in [5, 5.41) is 0. The van der Waals surface area contributed by atoms with Crippen molar-refractivity contribution in [1.29, 1.82) is 0 Å². The quantitative estimate of drug-likeness (QED) is 0.611. The van der Waals surface area contributed by atoms with Crippen LogP contribution < -0.4 is 0 Å². The van der Waals surface area contributed by atoms with Crippen molar-refractivity contribution in [1.82, 2.24) is 0 Å². The molecule has 1 fully saturated rings. The molecule has 0 saturated heterocycles. The van der Waals surface area contributed by atoms with Crippen LogP contribution in [0.15, 0.2) is 11.0 Å². The Hall–Kier alpha value is -0.590. The van der Waals surface area contributed by atoms with Gasteiger partial charge < -0.3 is 4.74 Å². The summed E-state index contributed by atoms with van der Waals surface area (Å²) in [6, 6.07) is 1.31. The molecule has 1 heterocycles. The molecular weight excluding hydrogens is 332 g/mol. The first-order valence-corrected chi connectivity index (χ1v) is 10.1. The fourth-order valence-corrected chi connectivity index (χ4v) is 5.17. The van der Waals surface area contributed by atoms with E-state index >= 15 is 0 Å². The monoisotopic (exact) mass is 350 g/mol. The molecule has 0 N–H and O–H groups in total. The molecule has 0 aromatic carbocycles. The largest absolute Gasteiger partial charge is 0.458 e. The van der Waals surface area contributed by atoms with E-state index < -0.39 is 15.0 Å². The molecule has 21 heavy (non-hydrogen) atoms. The maximum Gasteiger partial charge on any atom is 0.348 e. The van der Waals surface area contributed by atoms with E-state index in [1.165, 1.54) is 6.07 Å². The smallest absolute Gasteiger partial charge is 0.348 e. The fourth-order valence-electron chi connectivity index (χ4n) is 2.62. The number of carbonyl (C=O) groups excluding carboxylic acids is 1. The van der Waals surface area contributed by atoms with E-state index in [0.29, 0.717) is 16.7 Å². The molecule has 1 saturated carbocycles. The average Bonchev–Trinajstić information content (AvgIpc) is 2.76. The number of ether oxygens (including phenoxy) is 1. The number of hydrogen-bond donors (Lipinski definition) is 0. The second-order valence-corrected chi connectivity index (χ2v) is 9.55. The van der Waals surface area contributed by atoms with Crippen LogP contribution in [0, 0.1) is 18.8 Å². The van der Waals surface area contributed by atoms with Gasteiger partial charge in [0, 0.05) is 15.6 Å². The first kappa shape index (κ1) is 16.8. The number of halogens is 1. The second kappa shape index (κ2) is 6.26. The van der Waals surface area contributed by atoms with E-state index in [0.717, 1.165) is 30.6 Å². The molecule has 3 atom stereocenters. The van der Waals surface area contributed by atoms with Gasteiger partial charge in [-0.1, -0.05) is 13.8 Å². The lowest BCUT2D eigenvalue weighted by atomic mass is 9.80. The van der Waals surface area contributed by atoms with Crippen LogP contribution in [0.4, 0.5) is 0 Å². The Labute approximate surface area is 133 Å². The number of thiophene rings is 1. The molecule has 0 spiro atoms. The minimum Gasteiger partial charge on any atom is -0.458 e. The Morgan fingerprint density at radius 2 is 2.00 bits per heavy atom. The van der Waals surface area contributed by atoms with E-state index in [9.17, 15) is 13.2 Å². The molecule has 0 amide bonds. The maximum absolute atomic E-state index is 12.1. The third-order valence-corrected chi connectivity index (χ3v) is 6.77. The van der Waals surface area contributed by atoms with Gasteiger partial charge in [0.05, 0.1) is 4.90 Å². The zero-order valence-corrected chi connectivity index (χ0v) is 14.6. The van der Waals surface area contributed by atoms with Crippen molar-refractivity contribution in [2.45, 2.75) is 51.0 Å². The number of carbonyl (C=O) groups is 1. The Kier molecular flexibility index (Phi) is 5.00. The van der Waals surface area contributed by atoms with E-state index in [2.05, 4.69) is 13.8 Å². The minimum absolute atomic E-state index is 0.00764. The summed E-state index contributed by atoms with van der Waals surface area (Å²) < 4.78 is 28.3. The summed E-state index contributed by atoms with van der Waals surface area (Å²) in [4.78, 5) is 12.9. The lowest BCUT2D eigenvalue weighted by Gasteiger charge is -2.31. The molecule has 1 aliphatic rings. The molecule has 118 valence electrons. The molecule has 7 heteroatoms. The van der Waals surface area contributed by atoms with Crippen LogP contribution in [-0.4, -0.2) is 20.5 Å². The molecule has 0 bridgehead atoms. The summed E-state index contributed by atoms with van der Waals surface area (Å²) in [7, 11) is 1.52. The van der Waals surface area contributed by atoms with Crippen molar-refractivity contribution in [3.8, 4) is 0 Å². The fraction of sp³-hybridized carbons (Fsp3) is 0.643. The predicted molar refractivity (Wildman–Crippen MR) is 83.5 cm³/mol. The third kappa shape index (κ3) is 3.99. The van der Waals surface area contributed by atoms with Gasteiger partial charge in [0.1, 0.15) is 11.0 Å².